The monoisotopic (exact) mass is 431 g/mol. The van der Waals surface area contributed by atoms with E-state index in [0.717, 1.165) is 21.9 Å². The molecule has 164 valence electrons. The van der Waals surface area contributed by atoms with Gasteiger partial charge in [0, 0.05) is 48.7 Å². The first-order chi connectivity index (χ1) is 15.5. The standard InChI is InChI=1S/C25H25N3O4/c1-16-24(20-14-18(31-2)7-8-22(20)32-16)25(30)28-11-9-27(10-12-28)23(29)13-17-15-26-21-6-4-3-5-19(17)21/h3-8,14-15,26H,9-13H2,1-2H3. The molecule has 0 radical (unpaired) electrons. The van der Waals surface area contributed by atoms with E-state index in [1.54, 1.807) is 18.9 Å². The molecule has 2 amide bonds. The molecule has 1 aliphatic rings. The molecule has 0 spiro atoms. The SMILES string of the molecule is COc1ccc2oc(C)c(C(=O)N3CCN(C(=O)Cc4c[nH]c5ccccc45)CC3)c2c1. The molecule has 0 atom stereocenters. The van der Waals surface area contributed by atoms with Gasteiger partial charge >= 0.3 is 0 Å². The van der Waals surface area contributed by atoms with Crippen LogP contribution in [0, 0.1) is 6.92 Å². The van der Waals surface area contributed by atoms with Crippen LogP contribution in [0.1, 0.15) is 21.7 Å². The summed E-state index contributed by atoms with van der Waals surface area (Å²) in [5.41, 5.74) is 3.26. The number of hydrogen-bond acceptors (Lipinski definition) is 4. The molecule has 4 aromatic rings. The van der Waals surface area contributed by atoms with Gasteiger partial charge in [-0.1, -0.05) is 18.2 Å². The fourth-order valence-electron chi connectivity index (χ4n) is 4.46. The van der Waals surface area contributed by atoms with E-state index in [-0.39, 0.29) is 11.8 Å². The molecule has 0 aliphatic carbocycles. The lowest BCUT2D eigenvalue weighted by atomic mass is 10.1. The number of methoxy groups -OCH3 is 1. The first-order valence-corrected chi connectivity index (χ1v) is 10.7. The third-order valence-electron chi connectivity index (χ3n) is 6.22. The number of aryl methyl sites for hydroxylation is 1. The van der Waals surface area contributed by atoms with E-state index in [2.05, 4.69) is 4.98 Å². The van der Waals surface area contributed by atoms with Crippen molar-refractivity contribution in [3.05, 3.63) is 65.5 Å². The largest absolute Gasteiger partial charge is 0.497 e. The average molecular weight is 431 g/mol. The normalized spacial score (nSPS) is 14.3. The molecule has 3 heterocycles. The van der Waals surface area contributed by atoms with Crippen molar-refractivity contribution in [1.82, 2.24) is 14.8 Å². The fourth-order valence-corrected chi connectivity index (χ4v) is 4.46. The molecule has 0 unspecified atom stereocenters. The predicted octanol–water partition coefficient (Wildman–Crippen LogP) is 3.76. The van der Waals surface area contributed by atoms with Gasteiger partial charge in [0.2, 0.25) is 5.91 Å². The number of carbonyl (C=O) groups excluding carboxylic acids is 2. The molecule has 1 fully saturated rings. The smallest absolute Gasteiger partial charge is 0.258 e. The lowest BCUT2D eigenvalue weighted by Gasteiger charge is -2.34. The van der Waals surface area contributed by atoms with Crippen molar-refractivity contribution in [3.63, 3.8) is 0 Å². The van der Waals surface area contributed by atoms with Gasteiger partial charge in [-0.15, -0.1) is 0 Å². The number of aromatic amines is 1. The molecular formula is C25H25N3O4. The molecule has 5 rings (SSSR count). The lowest BCUT2D eigenvalue weighted by Crippen LogP contribution is -2.51. The second-order valence-corrected chi connectivity index (χ2v) is 8.10. The number of carbonyl (C=O) groups is 2. The highest BCUT2D eigenvalue weighted by atomic mass is 16.5. The van der Waals surface area contributed by atoms with Crippen LogP contribution in [-0.2, 0) is 11.2 Å². The second-order valence-electron chi connectivity index (χ2n) is 8.10. The predicted molar refractivity (Wildman–Crippen MR) is 122 cm³/mol. The maximum absolute atomic E-state index is 13.3. The van der Waals surface area contributed by atoms with Crippen LogP contribution in [0.25, 0.3) is 21.9 Å². The van der Waals surface area contributed by atoms with Gasteiger partial charge in [0.15, 0.2) is 0 Å². The molecule has 0 bridgehead atoms. The number of ether oxygens (including phenoxy) is 1. The number of benzene rings is 2. The average Bonchev–Trinajstić information content (AvgIpc) is 3.38. The number of rotatable bonds is 4. The van der Waals surface area contributed by atoms with Crippen molar-refractivity contribution in [1.29, 1.82) is 0 Å². The van der Waals surface area contributed by atoms with Crippen LogP contribution in [0.15, 0.2) is 53.1 Å². The molecular weight excluding hydrogens is 406 g/mol. The zero-order chi connectivity index (χ0) is 22.2. The number of nitrogens with one attached hydrogen (secondary N) is 1. The quantitative estimate of drug-likeness (QED) is 0.534. The van der Waals surface area contributed by atoms with Crippen molar-refractivity contribution >= 4 is 33.7 Å². The zero-order valence-electron chi connectivity index (χ0n) is 18.2. The Morgan fingerprint density at radius 2 is 1.78 bits per heavy atom. The van der Waals surface area contributed by atoms with Gasteiger partial charge in [-0.3, -0.25) is 9.59 Å². The molecule has 7 heteroatoms. The summed E-state index contributed by atoms with van der Waals surface area (Å²) in [4.78, 5) is 33.0. The van der Waals surface area contributed by atoms with Crippen LogP contribution in [0.4, 0.5) is 0 Å². The summed E-state index contributed by atoms with van der Waals surface area (Å²) in [5, 5.41) is 1.83. The summed E-state index contributed by atoms with van der Waals surface area (Å²) in [6, 6.07) is 13.5. The zero-order valence-corrected chi connectivity index (χ0v) is 18.2. The summed E-state index contributed by atoms with van der Waals surface area (Å²) < 4.78 is 11.1. The van der Waals surface area contributed by atoms with Crippen molar-refractivity contribution in [3.8, 4) is 5.75 Å². The third kappa shape index (κ3) is 3.49. The van der Waals surface area contributed by atoms with Crippen LogP contribution < -0.4 is 4.74 Å². The number of hydrogen-bond donors (Lipinski definition) is 1. The Kier molecular flexibility index (Phi) is 5.09. The maximum Gasteiger partial charge on any atom is 0.258 e. The molecule has 1 saturated heterocycles. The maximum atomic E-state index is 13.3. The highest BCUT2D eigenvalue weighted by Crippen LogP contribution is 2.30. The first kappa shape index (κ1) is 20.2. The van der Waals surface area contributed by atoms with Gasteiger partial charge in [0.05, 0.1) is 19.1 Å². The summed E-state index contributed by atoms with van der Waals surface area (Å²) in [5.74, 6) is 1.28. The van der Waals surface area contributed by atoms with Crippen LogP contribution in [0.2, 0.25) is 0 Å². The van der Waals surface area contributed by atoms with E-state index in [1.165, 1.54) is 0 Å². The summed E-state index contributed by atoms with van der Waals surface area (Å²) in [6.45, 7) is 3.83. The van der Waals surface area contributed by atoms with E-state index in [4.69, 9.17) is 9.15 Å². The highest BCUT2D eigenvalue weighted by molar-refractivity contribution is 6.07. The third-order valence-corrected chi connectivity index (χ3v) is 6.22. The number of H-pyrrole nitrogens is 1. The Labute approximate surface area is 185 Å². The van der Waals surface area contributed by atoms with Crippen molar-refractivity contribution in [2.24, 2.45) is 0 Å². The highest BCUT2D eigenvalue weighted by Gasteiger charge is 2.28. The van der Waals surface area contributed by atoms with E-state index >= 15 is 0 Å². The number of piperazine rings is 1. The minimum Gasteiger partial charge on any atom is -0.497 e. The molecule has 1 aliphatic heterocycles. The van der Waals surface area contributed by atoms with Crippen LogP contribution in [0.5, 0.6) is 5.75 Å². The van der Waals surface area contributed by atoms with Crippen LogP contribution in [-0.4, -0.2) is 59.9 Å². The van der Waals surface area contributed by atoms with Gasteiger partial charge in [-0.25, -0.2) is 0 Å². The molecule has 2 aromatic heterocycles. The topological polar surface area (TPSA) is 78.8 Å². The van der Waals surface area contributed by atoms with Gasteiger partial charge in [0.25, 0.3) is 5.91 Å². The summed E-state index contributed by atoms with van der Waals surface area (Å²) in [7, 11) is 1.60. The molecule has 32 heavy (non-hydrogen) atoms. The number of fused-ring (bicyclic) bond motifs is 2. The van der Waals surface area contributed by atoms with Crippen LogP contribution >= 0.6 is 0 Å². The van der Waals surface area contributed by atoms with Crippen LogP contribution in [0.3, 0.4) is 0 Å². The van der Waals surface area contributed by atoms with E-state index in [9.17, 15) is 9.59 Å². The minimum atomic E-state index is -0.0711. The number of para-hydroxylation sites is 1. The Morgan fingerprint density at radius 3 is 2.56 bits per heavy atom. The van der Waals surface area contributed by atoms with Crippen molar-refractivity contribution in [2.45, 2.75) is 13.3 Å². The summed E-state index contributed by atoms with van der Waals surface area (Å²) >= 11 is 0. The van der Waals surface area contributed by atoms with E-state index < -0.39 is 0 Å². The molecule has 2 aromatic carbocycles. The van der Waals surface area contributed by atoms with Crippen molar-refractivity contribution < 1.29 is 18.7 Å². The first-order valence-electron chi connectivity index (χ1n) is 10.7. The minimum absolute atomic E-state index is 0.0711. The molecule has 1 N–H and O–H groups in total. The van der Waals surface area contributed by atoms with Gasteiger partial charge < -0.3 is 23.9 Å². The summed E-state index contributed by atoms with van der Waals surface area (Å²) in [6.07, 6.45) is 2.26. The Balaban J connectivity index is 1.27. The Hall–Kier alpha value is -3.74. The Morgan fingerprint density at radius 1 is 1.03 bits per heavy atom. The van der Waals surface area contributed by atoms with E-state index in [1.807, 2.05) is 53.6 Å². The van der Waals surface area contributed by atoms with Gasteiger partial charge in [-0.05, 0) is 36.8 Å². The molecule has 0 saturated carbocycles. The number of aromatic nitrogens is 1. The second kappa shape index (κ2) is 8.07. The van der Waals surface area contributed by atoms with Crippen molar-refractivity contribution in [2.75, 3.05) is 33.3 Å². The van der Waals surface area contributed by atoms with Gasteiger partial charge in [0.1, 0.15) is 17.1 Å². The number of nitrogens with zero attached hydrogens (tertiary/aromatic N) is 2. The Bertz CT molecular complexity index is 1310. The fraction of sp³-hybridized carbons (Fsp3) is 0.280. The number of furan rings is 1. The number of amides is 2. The lowest BCUT2D eigenvalue weighted by molar-refractivity contribution is -0.131. The van der Waals surface area contributed by atoms with Gasteiger partial charge in [-0.2, -0.15) is 0 Å². The molecule has 7 nitrogen and oxygen atoms in total. The van der Waals surface area contributed by atoms with E-state index in [0.29, 0.717) is 55.3 Å².